The van der Waals surface area contributed by atoms with E-state index in [0.29, 0.717) is 10.6 Å². The molecule has 0 aromatic heterocycles. The first-order valence-corrected chi connectivity index (χ1v) is 7.62. The quantitative estimate of drug-likeness (QED) is 0.276. The molecule has 6 nitrogen and oxygen atoms in total. The third-order valence-electron chi connectivity index (χ3n) is 3.65. The summed E-state index contributed by atoms with van der Waals surface area (Å²) in [6, 6.07) is 11.3. The molecule has 0 unspecified atom stereocenters. The Balaban J connectivity index is 2.05. The Bertz CT molecular complexity index is 721. The predicted octanol–water partition coefficient (Wildman–Crippen LogP) is 2.26. The van der Waals surface area contributed by atoms with E-state index in [-0.39, 0.29) is 24.5 Å². The van der Waals surface area contributed by atoms with E-state index in [1.54, 1.807) is 37.3 Å². The number of rotatable bonds is 6. The van der Waals surface area contributed by atoms with Crippen molar-refractivity contribution in [3.05, 3.63) is 58.6 Å². The number of aromatic hydroxyl groups is 2. The number of nitrogens with one attached hydrogen (secondary N) is 1. The maximum Gasteiger partial charge on any atom is 0.328 e. The van der Waals surface area contributed by atoms with E-state index in [1.807, 2.05) is 0 Å². The minimum Gasteiger partial charge on any atom is -0.504 e. The average molecular weight is 351 g/mol. The van der Waals surface area contributed by atoms with Gasteiger partial charge < -0.3 is 14.9 Å². The zero-order valence-electron chi connectivity index (χ0n) is 13.1. The molecule has 0 saturated carbocycles. The number of hydrazine groups is 1. The number of hydrogen-bond donors (Lipinski definition) is 4. The van der Waals surface area contributed by atoms with Gasteiger partial charge in [0.2, 0.25) is 0 Å². The Morgan fingerprint density at radius 2 is 1.79 bits per heavy atom. The first-order valence-electron chi connectivity index (χ1n) is 7.24. The molecule has 0 heterocycles. The molecule has 0 amide bonds. The van der Waals surface area contributed by atoms with E-state index in [4.69, 9.17) is 22.2 Å². The van der Waals surface area contributed by atoms with E-state index in [0.717, 1.165) is 5.56 Å². The lowest BCUT2D eigenvalue weighted by Gasteiger charge is -2.26. The second kappa shape index (κ2) is 7.53. The Labute approximate surface area is 144 Å². The number of halogens is 1. The van der Waals surface area contributed by atoms with Gasteiger partial charge >= 0.3 is 5.97 Å². The van der Waals surface area contributed by atoms with E-state index < -0.39 is 11.5 Å². The van der Waals surface area contributed by atoms with E-state index >= 15 is 0 Å². The van der Waals surface area contributed by atoms with E-state index in [2.05, 4.69) is 5.43 Å². The Morgan fingerprint density at radius 1 is 1.17 bits per heavy atom. The monoisotopic (exact) mass is 350 g/mol. The number of hydrogen-bond acceptors (Lipinski definition) is 6. The Kier molecular flexibility index (Phi) is 5.66. The fourth-order valence-corrected chi connectivity index (χ4v) is 2.28. The van der Waals surface area contributed by atoms with Crippen molar-refractivity contribution in [1.29, 1.82) is 0 Å². The van der Waals surface area contributed by atoms with Gasteiger partial charge in [-0.3, -0.25) is 5.84 Å². The molecule has 1 atom stereocenters. The first-order chi connectivity index (χ1) is 11.3. The Hall–Kier alpha value is -2.28. The molecule has 0 aliphatic carbocycles. The minimum atomic E-state index is -1.18. The number of phenolic OH excluding ortho intramolecular Hbond substituents is 2. The van der Waals surface area contributed by atoms with Crippen molar-refractivity contribution in [2.45, 2.75) is 25.5 Å². The summed E-state index contributed by atoms with van der Waals surface area (Å²) in [5.74, 6) is 4.50. The minimum absolute atomic E-state index is 0.0914. The van der Waals surface area contributed by atoms with Crippen molar-refractivity contribution in [2.75, 3.05) is 0 Å². The van der Waals surface area contributed by atoms with Crippen molar-refractivity contribution >= 4 is 17.6 Å². The van der Waals surface area contributed by atoms with Crippen LogP contribution in [0.2, 0.25) is 5.02 Å². The van der Waals surface area contributed by atoms with Crippen LogP contribution in [0.5, 0.6) is 11.5 Å². The van der Waals surface area contributed by atoms with Crippen LogP contribution < -0.4 is 11.3 Å². The molecule has 0 aliphatic heterocycles. The zero-order valence-corrected chi connectivity index (χ0v) is 13.9. The topological polar surface area (TPSA) is 105 Å². The lowest BCUT2D eigenvalue weighted by Crippen LogP contribution is -2.55. The lowest BCUT2D eigenvalue weighted by atomic mass is 9.93. The highest BCUT2D eigenvalue weighted by molar-refractivity contribution is 6.30. The fraction of sp³-hybridized carbons (Fsp3) is 0.235. The fourth-order valence-electron chi connectivity index (χ4n) is 2.16. The maximum absolute atomic E-state index is 12.4. The summed E-state index contributed by atoms with van der Waals surface area (Å²) in [6.45, 7) is 1.69. The number of esters is 1. The third kappa shape index (κ3) is 4.38. The van der Waals surface area contributed by atoms with Crippen LogP contribution in [0.1, 0.15) is 18.1 Å². The molecule has 7 heteroatoms. The molecule has 2 aromatic carbocycles. The van der Waals surface area contributed by atoms with Gasteiger partial charge in [0.15, 0.2) is 11.5 Å². The summed E-state index contributed by atoms with van der Waals surface area (Å²) in [6.07, 6.45) is 0.177. The summed E-state index contributed by atoms with van der Waals surface area (Å²) >= 11 is 5.81. The van der Waals surface area contributed by atoms with Gasteiger partial charge in [0.25, 0.3) is 0 Å². The van der Waals surface area contributed by atoms with Crippen LogP contribution in [0, 0.1) is 0 Å². The second-order valence-electron chi connectivity index (χ2n) is 5.68. The van der Waals surface area contributed by atoms with E-state index in [9.17, 15) is 15.0 Å². The van der Waals surface area contributed by atoms with Crippen LogP contribution in [0.25, 0.3) is 0 Å². The molecule has 0 radical (unpaired) electrons. The van der Waals surface area contributed by atoms with Gasteiger partial charge in [0.1, 0.15) is 12.1 Å². The van der Waals surface area contributed by atoms with Crippen LogP contribution in [0.3, 0.4) is 0 Å². The summed E-state index contributed by atoms with van der Waals surface area (Å²) in [5.41, 5.74) is 2.70. The standard InChI is InChI=1S/C17H19ClN2O4/c1-17(20-19,9-12-4-7-14(21)15(22)8-12)16(23)24-10-11-2-5-13(18)6-3-11/h2-8,20-22H,9-10,19H2,1H3/t17-/m0/s1. The first kappa shape index (κ1) is 18.1. The van der Waals surface area contributed by atoms with Gasteiger partial charge in [0.05, 0.1) is 0 Å². The SMILES string of the molecule is C[C@@](Cc1ccc(O)c(O)c1)(NN)C(=O)OCc1ccc(Cl)cc1. The molecule has 2 aromatic rings. The number of benzene rings is 2. The van der Waals surface area contributed by atoms with Crippen LogP contribution in [0.15, 0.2) is 42.5 Å². The molecule has 2 rings (SSSR count). The van der Waals surface area contributed by atoms with Gasteiger partial charge in [-0.05, 0) is 42.3 Å². The molecule has 0 fully saturated rings. The number of nitrogens with two attached hydrogens (primary N) is 1. The molecule has 24 heavy (non-hydrogen) atoms. The molecule has 0 spiro atoms. The lowest BCUT2D eigenvalue weighted by molar-refractivity contribution is -0.152. The largest absolute Gasteiger partial charge is 0.504 e. The molecule has 0 saturated heterocycles. The normalized spacial score (nSPS) is 13.3. The number of carbonyl (C=O) groups excluding carboxylic acids is 1. The van der Waals surface area contributed by atoms with Crippen molar-refractivity contribution < 1.29 is 19.7 Å². The van der Waals surface area contributed by atoms with Crippen LogP contribution in [-0.4, -0.2) is 21.7 Å². The molecule has 0 aliphatic rings. The second-order valence-corrected chi connectivity index (χ2v) is 6.12. The summed E-state index contributed by atoms with van der Waals surface area (Å²) < 4.78 is 5.31. The van der Waals surface area contributed by atoms with Crippen molar-refractivity contribution in [2.24, 2.45) is 5.84 Å². The highest BCUT2D eigenvalue weighted by atomic mass is 35.5. The highest BCUT2D eigenvalue weighted by Crippen LogP contribution is 2.27. The van der Waals surface area contributed by atoms with Gasteiger partial charge in [0, 0.05) is 11.4 Å². The number of ether oxygens (including phenoxy) is 1. The molecular formula is C17H19ClN2O4. The summed E-state index contributed by atoms with van der Waals surface area (Å²) in [5, 5.41) is 19.5. The van der Waals surface area contributed by atoms with Crippen molar-refractivity contribution in [3.8, 4) is 11.5 Å². The maximum atomic E-state index is 12.4. The molecular weight excluding hydrogens is 332 g/mol. The van der Waals surface area contributed by atoms with Gasteiger partial charge in [-0.1, -0.05) is 29.8 Å². The van der Waals surface area contributed by atoms with Gasteiger partial charge in [-0.2, -0.15) is 0 Å². The average Bonchev–Trinajstić information content (AvgIpc) is 2.57. The third-order valence-corrected chi connectivity index (χ3v) is 3.90. The Morgan fingerprint density at radius 3 is 2.38 bits per heavy atom. The van der Waals surface area contributed by atoms with Gasteiger partial charge in [-0.25, -0.2) is 10.2 Å². The predicted molar refractivity (Wildman–Crippen MR) is 90.5 cm³/mol. The van der Waals surface area contributed by atoms with Crippen molar-refractivity contribution in [3.63, 3.8) is 0 Å². The molecule has 128 valence electrons. The molecule has 5 N–H and O–H groups in total. The smallest absolute Gasteiger partial charge is 0.328 e. The number of phenols is 2. The highest BCUT2D eigenvalue weighted by Gasteiger charge is 2.34. The van der Waals surface area contributed by atoms with Crippen LogP contribution in [0.4, 0.5) is 0 Å². The van der Waals surface area contributed by atoms with E-state index in [1.165, 1.54) is 12.1 Å². The van der Waals surface area contributed by atoms with Crippen LogP contribution in [-0.2, 0) is 22.6 Å². The summed E-state index contributed by atoms with van der Waals surface area (Å²) in [4.78, 5) is 12.4. The molecule has 0 bridgehead atoms. The summed E-state index contributed by atoms with van der Waals surface area (Å²) in [7, 11) is 0. The van der Waals surface area contributed by atoms with Crippen molar-refractivity contribution in [1.82, 2.24) is 5.43 Å². The van der Waals surface area contributed by atoms with Crippen LogP contribution >= 0.6 is 11.6 Å². The zero-order chi connectivity index (χ0) is 17.7. The number of carbonyl (C=O) groups is 1. The van der Waals surface area contributed by atoms with Gasteiger partial charge in [-0.15, -0.1) is 0 Å².